The van der Waals surface area contributed by atoms with Crippen LogP contribution in [-0.2, 0) is 16.1 Å². The van der Waals surface area contributed by atoms with Crippen LogP contribution in [0, 0.1) is 0 Å². The number of nitrogens with zero attached hydrogens (tertiary/aromatic N) is 3. The fourth-order valence-electron chi connectivity index (χ4n) is 3.81. The Morgan fingerprint density at radius 2 is 2.00 bits per heavy atom. The molecular weight excluding hydrogens is 330 g/mol. The number of aromatic nitrogens is 1. The number of carbonyl (C=O) groups is 2. The van der Waals surface area contributed by atoms with Crippen molar-refractivity contribution in [2.24, 2.45) is 0 Å². The van der Waals surface area contributed by atoms with Crippen LogP contribution in [0.5, 0.6) is 0 Å². The Labute approximate surface area is 155 Å². The maximum atomic E-state index is 12.4. The number of piperazine rings is 1. The van der Waals surface area contributed by atoms with Crippen molar-refractivity contribution >= 4 is 11.8 Å². The third-order valence-electron chi connectivity index (χ3n) is 5.33. The molecule has 1 aromatic heterocycles. The van der Waals surface area contributed by atoms with Crippen molar-refractivity contribution in [2.75, 3.05) is 32.7 Å². The largest absolute Gasteiger partial charge is 0.353 e. The van der Waals surface area contributed by atoms with E-state index in [9.17, 15) is 9.59 Å². The molecule has 1 unspecified atom stereocenters. The number of pyridine rings is 1. The number of likely N-dealkylation sites (N-methyl/N-ethyl adjacent to an activating group) is 1. The first-order chi connectivity index (χ1) is 12.7. The number of nitrogens with one attached hydrogen (secondary N) is 2. The van der Waals surface area contributed by atoms with Gasteiger partial charge in [-0.2, -0.15) is 0 Å². The quantitative estimate of drug-likeness (QED) is 0.768. The van der Waals surface area contributed by atoms with E-state index in [1.54, 1.807) is 0 Å². The van der Waals surface area contributed by atoms with Gasteiger partial charge in [-0.15, -0.1) is 0 Å². The molecule has 0 aliphatic carbocycles. The van der Waals surface area contributed by atoms with Crippen molar-refractivity contribution in [3.8, 4) is 0 Å². The molecule has 3 rings (SSSR count). The van der Waals surface area contributed by atoms with Crippen LogP contribution in [0.2, 0.25) is 0 Å². The summed E-state index contributed by atoms with van der Waals surface area (Å²) in [5.74, 6) is -0.0431. The number of amides is 2. The number of likely N-dealkylation sites (tertiary alicyclic amines) is 1. The van der Waals surface area contributed by atoms with E-state index in [1.165, 1.54) is 5.56 Å². The molecule has 1 atom stereocenters. The third kappa shape index (κ3) is 5.02. The molecule has 7 heteroatoms. The summed E-state index contributed by atoms with van der Waals surface area (Å²) in [7, 11) is 0. The molecule has 2 fully saturated rings. The van der Waals surface area contributed by atoms with Gasteiger partial charge in [0.15, 0.2) is 0 Å². The third-order valence-corrected chi connectivity index (χ3v) is 5.33. The Bertz CT molecular complexity index is 601. The predicted molar refractivity (Wildman–Crippen MR) is 99.3 cm³/mol. The first-order valence-electron chi connectivity index (χ1n) is 9.58. The van der Waals surface area contributed by atoms with Gasteiger partial charge in [-0.1, -0.05) is 6.92 Å². The summed E-state index contributed by atoms with van der Waals surface area (Å²) in [5.41, 5.74) is 1.27. The highest BCUT2D eigenvalue weighted by atomic mass is 16.2. The van der Waals surface area contributed by atoms with E-state index in [4.69, 9.17) is 0 Å². The fraction of sp³-hybridized carbons (Fsp3) is 0.632. The molecule has 2 N–H and O–H groups in total. The molecule has 2 saturated heterocycles. The monoisotopic (exact) mass is 359 g/mol. The van der Waals surface area contributed by atoms with Crippen LogP contribution in [0.25, 0.3) is 0 Å². The topological polar surface area (TPSA) is 77.6 Å². The normalized spacial score (nSPS) is 22.8. The van der Waals surface area contributed by atoms with Gasteiger partial charge in [0.2, 0.25) is 11.8 Å². The fourth-order valence-corrected chi connectivity index (χ4v) is 3.81. The van der Waals surface area contributed by atoms with E-state index in [0.29, 0.717) is 6.54 Å². The van der Waals surface area contributed by atoms with E-state index in [2.05, 4.69) is 25.4 Å². The zero-order valence-electron chi connectivity index (χ0n) is 15.5. The van der Waals surface area contributed by atoms with Crippen LogP contribution in [0.4, 0.5) is 0 Å². The van der Waals surface area contributed by atoms with Crippen molar-refractivity contribution in [3.63, 3.8) is 0 Å². The molecule has 2 aliphatic heterocycles. The Morgan fingerprint density at radius 3 is 2.69 bits per heavy atom. The van der Waals surface area contributed by atoms with Gasteiger partial charge >= 0.3 is 0 Å². The van der Waals surface area contributed by atoms with E-state index in [1.807, 2.05) is 31.5 Å². The molecule has 0 radical (unpaired) electrons. The van der Waals surface area contributed by atoms with Crippen LogP contribution in [0.3, 0.4) is 0 Å². The molecule has 1 aromatic rings. The number of rotatable bonds is 6. The lowest BCUT2D eigenvalue weighted by Gasteiger charge is -2.35. The summed E-state index contributed by atoms with van der Waals surface area (Å²) >= 11 is 0. The molecule has 0 aromatic carbocycles. The summed E-state index contributed by atoms with van der Waals surface area (Å²) in [6.45, 7) is 7.17. The van der Waals surface area contributed by atoms with E-state index >= 15 is 0 Å². The molecule has 26 heavy (non-hydrogen) atoms. The van der Waals surface area contributed by atoms with Crippen molar-refractivity contribution in [3.05, 3.63) is 30.1 Å². The number of hydrogen-bond acceptors (Lipinski definition) is 5. The Morgan fingerprint density at radius 1 is 1.27 bits per heavy atom. The summed E-state index contributed by atoms with van der Waals surface area (Å²) < 4.78 is 0. The number of hydrogen-bond donors (Lipinski definition) is 2. The van der Waals surface area contributed by atoms with Gasteiger partial charge in [0.05, 0.1) is 12.5 Å². The van der Waals surface area contributed by atoms with Gasteiger partial charge in [-0.3, -0.25) is 24.4 Å². The number of piperidine rings is 1. The zero-order chi connectivity index (χ0) is 18.4. The van der Waals surface area contributed by atoms with E-state index in [0.717, 1.165) is 45.6 Å². The minimum atomic E-state index is -0.333. The van der Waals surface area contributed by atoms with Crippen molar-refractivity contribution in [2.45, 2.75) is 44.8 Å². The standard InChI is InChI=1S/C19H29N5O2/c1-2-24-12-9-21-19(26)17(24)13-18(25)22-16-5-10-23(11-6-16)14-15-3-7-20-8-4-15/h3-4,7-8,16-17H,2,5-6,9-14H2,1H3,(H,21,26)(H,22,25). The van der Waals surface area contributed by atoms with Crippen LogP contribution >= 0.6 is 0 Å². The van der Waals surface area contributed by atoms with Gasteiger partial charge in [0.1, 0.15) is 0 Å². The van der Waals surface area contributed by atoms with Crippen molar-refractivity contribution in [1.29, 1.82) is 0 Å². The van der Waals surface area contributed by atoms with Crippen LogP contribution < -0.4 is 10.6 Å². The van der Waals surface area contributed by atoms with Gasteiger partial charge in [0, 0.05) is 51.2 Å². The predicted octanol–water partition coefficient (Wildman–Crippen LogP) is 0.373. The summed E-state index contributed by atoms with van der Waals surface area (Å²) in [4.78, 5) is 33.0. The summed E-state index contributed by atoms with van der Waals surface area (Å²) in [6.07, 6.45) is 5.79. The molecule has 0 saturated carbocycles. The van der Waals surface area contributed by atoms with E-state index < -0.39 is 0 Å². The molecule has 0 spiro atoms. The maximum absolute atomic E-state index is 12.4. The van der Waals surface area contributed by atoms with Crippen LogP contribution in [0.1, 0.15) is 31.7 Å². The van der Waals surface area contributed by atoms with E-state index in [-0.39, 0.29) is 30.3 Å². The highest BCUT2D eigenvalue weighted by molar-refractivity contribution is 5.88. The molecule has 142 valence electrons. The summed E-state index contributed by atoms with van der Waals surface area (Å²) in [5, 5.41) is 6.00. The molecule has 7 nitrogen and oxygen atoms in total. The van der Waals surface area contributed by atoms with Gasteiger partial charge in [0.25, 0.3) is 0 Å². The highest BCUT2D eigenvalue weighted by Gasteiger charge is 2.31. The summed E-state index contributed by atoms with van der Waals surface area (Å²) in [6, 6.07) is 3.96. The number of carbonyl (C=O) groups excluding carboxylic acids is 2. The van der Waals surface area contributed by atoms with Gasteiger partial charge in [-0.25, -0.2) is 0 Å². The average molecular weight is 359 g/mol. The molecule has 2 amide bonds. The minimum Gasteiger partial charge on any atom is -0.353 e. The first-order valence-corrected chi connectivity index (χ1v) is 9.58. The zero-order valence-corrected chi connectivity index (χ0v) is 15.5. The molecular formula is C19H29N5O2. The minimum absolute atomic E-state index is 0.0157. The Kier molecular flexibility index (Phi) is 6.57. The average Bonchev–Trinajstić information content (AvgIpc) is 2.66. The lowest BCUT2D eigenvalue weighted by Crippen LogP contribution is -2.56. The SMILES string of the molecule is CCN1CCNC(=O)C1CC(=O)NC1CCN(Cc2ccncc2)CC1. The van der Waals surface area contributed by atoms with Crippen LogP contribution in [0.15, 0.2) is 24.5 Å². The van der Waals surface area contributed by atoms with Crippen molar-refractivity contribution < 1.29 is 9.59 Å². The smallest absolute Gasteiger partial charge is 0.237 e. The Hall–Kier alpha value is -1.99. The molecule has 0 bridgehead atoms. The Balaban J connectivity index is 1.42. The van der Waals surface area contributed by atoms with Gasteiger partial charge < -0.3 is 10.6 Å². The van der Waals surface area contributed by atoms with Gasteiger partial charge in [-0.05, 0) is 37.1 Å². The second-order valence-corrected chi connectivity index (χ2v) is 7.11. The second kappa shape index (κ2) is 9.09. The molecule has 2 aliphatic rings. The first kappa shape index (κ1) is 18.8. The lowest BCUT2D eigenvalue weighted by molar-refractivity contribution is -0.134. The molecule has 3 heterocycles. The lowest BCUT2D eigenvalue weighted by atomic mass is 10.0. The second-order valence-electron chi connectivity index (χ2n) is 7.11. The van der Waals surface area contributed by atoms with Crippen LogP contribution in [-0.4, -0.2) is 71.4 Å². The maximum Gasteiger partial charge on any atom is 0.237 e. The highest BCUT2D eigenvalue weighted by Crippen LogP contribution is 2.15. The van der Waals surface area contributed by atoms with Crippen molar-refractivity contribution in [1.82, 2.24) is 25.4 Å².